The second-order valence-corrected chi connectivity index (χ2v) is 6.04. The lowest BCUT2D eigenvalue weighted by Crippen LogP contribution is -2.55. The van der Waals surface area contributed by atoms with Gasteiger partial charge in [0.15, 0.2) is 0 Å². The van der Waals surface area contributed by atoms with Crippen LogP contribution in [0.5, 0.6) is 0 Å². The van der Waals surface area contributed by atoms with E-state index in [2.05, 4.69) is 10.3 Å². The van der Waals surface area contributed by atoms with Gasteiger partial charge in [-0.3, -0.25) is 0 Å². The highest BCUT2D eigenvalue weighted by atomic mass is 16.3. The molecule has 18 heavy (non-hydrogen) atoms. The van der Waals surface area contributed by atoms with E-state index in [1.54, 1.807) is 0 Å². The summed E-state index contributed by atoms with van der Waals surface area (Å²) in [5.74, 6) is 0.924. The Labute approximate surface area is 110 Å². The van der Waals surface area contributed by atoms with E-state index in [0.29, 0.717) is 6.54 Å². The van der Waals surface area contributed by atoms with Gasteiger partial charge in [-0.05, 0) is 27.7 Å². The van der Waals surface area contributed by atoms with Gasteiger partial charge in [0.25, 0.3) is 0 Å². The van der Waals surface area contributed by atoms with Crippen molar-refractivity contribution < 1.29 is 5.11 Å². The Kier molecular flexibility index (Phi) is 4.08. The highest BCUT2D eigenvalue weighted by molar-refractivity contribution is 5.31. The molecule has 0 aliphatic carbocycles. The Morgan fingerprint density at radius 1 is 1.33 bits per heavy atom. The molecular weight excluding hydrogens is 228 g/mol. The average Bonchev–Trinajstić information content (AvgIpc) is 2.55. The summed E-state index contributed by atoms with van der Waals surface area (Å²) < 4.78 is 2.05. The molecule has 0 atom stereocenters. The minimum absolute atomic E-state index is 0.366. The molecule has 0 saturated heterocycles. The van der Waals surface area contributed by atoms with Crippen LogP contribution in [-0.2, 0) is 13.6 Å². The maximum Gasteiger partial charge on any atom is 0.204 e. The SMILES string of the molecule is CN(C)c1ncc(CNC(C)(C)C(C)(C)O)n1C. The molecule has 104 valence electrons. The maximum absolute atomic E-state index is 10.1. The number of hydrogen-bond donors (Lipinski definition) is 2. The number of aromatic nitrogens is 2. The molecule has 1 aromatic heterocycles. The molecule has 1 aromatic rings. The first-order chi connectivity index (χ1) is 8.06. The molecule has 5 heteroatoms. The van der Waals surface area contributed by atoms with Gasteiger partial charge in [0, 0.05) is 33.2 Å². The molecule has 0 bridgehead atoms. The lowest BCUT2D eigenvalue weighted by molar-refractivity contribution is -0.00554. The molecule has 0 aliphatic rings. The van der Waals surface area contributed by atoms with E-state index in [4.69, 9.17) is 0 Å². The van der Waals surface area contributed by atoms with Crippen molar-refractivity contribution in [1.82, 2.24) is 14.9 Å². The fourth-order valence-corrected chi connectivity index (χ4v) is 1.54. The van der Waals surface area contributed by atoms with E-state index in [-0.39, 0.29) is 5.54 Å². The highest BCUT2D eigenvalue weighted by Gasteiger charge is 2.34. The normalized spacial score (nSPS) is 12.9. The molecule has 1 rings (SSSR count). The van der Waals surface area contributed by atoms with E-state index in [9.17, 15) is 5.11 Å². The summed E-state index contributed by atoms with van der Waals surface area (Å²) in [6.07, 6.45) is 1.86. The van der Waals surface area contributed by atoms with Crippen LogP contribution in [0.4, 0.5) is 5.95 Å². The lowest BCUT2D eigenvalue weighted by Gasteiger charge is -2.38. The van der Waals surface area contributed by atoms with Gasteiger partial charge in [0.2, 0.25) is 5.95 Å². The van der Waals surface area contributed by atoms with Crippen molar-refractivity contribution in [2.24, 2.45) is 7.05 Å². The first-order valence-electron chi connectivity index (χ1n) is 6.21. The molecule has 0 saturated carbocycles. The molecule has 1 heterocycles. The molecule has 2 N–H and O–H groups in total. The second kappa shape index (κ2) is 4.90. The molecule has 0 aliphatic heterocycles. The molecule has 0 fully saturated rings. The van der Waals surface area contributed by atoms with E-state index in [1.807, 2.05) is 64.5 Å². The van der Waals surface area contributed by atoms with E-state index >= 15 is 0 Å². The Morgan fingerprint density at radius 2 is 1.89 bits per heavy atom. The van der Waals surface area contributed by atoms with Crippen LogP contribution < -0.4 is 10.2 Å². The predicted octanol–water partition coefficient (Wildman–Crippen LogP) is 1.13. The van der Waals surface area contributed by atoms with Crippen molar-refractivity contribution in [2.45, 2.75) is 45.4 Å². The zero-order chi connectivity index (χ0) is 14.1. The Morgan fingerprint density at radius 3 is 2.28 bits per heavy atom. The van der Waals surface area contributed by atoms with Gasteiger partial charge in [-0.15, -0.1) is 0 Å². The van der Waals surface area contributed by atoms with Crippen LogP contribution >= 0.6 is 0 Å². The van der Waals surface area contributed by atoms with Gasteiger partial charge < -0.3 is 19.9 Å². The standard InChI is InChI=1S/C13H26N4O/c1-12(2,13(3,4)18)15-9-10-8-14-11(16(5)6)17(10)7/h8,15,18H,9H2,1-7H3. The van der Waals surface area contributed by atoms with Crippen LogP contribution in [0, 0.1) is 0 Å². The van der Waals surface area contributed by atoms with Crippen molar-refractivity contribution >= 4 is 5.95 Å². The Balaban J connectivity index is 2.76. The molecule has 0 spiro atoms. The van der Waals surface area contributed by atoms with Gasteiger partial charge in [-0.25, -0.2) is 4.98 Å². The summed E-state index contributed by atoms with van der Waals surface area (Å²) in [4.78, 5) is 6.34. The quantitative estimate of drug-likeness (QED) is 0.827. The predicted molar refractivity (Wildman–Crippen MR) is 74.8 cm³/mol. The van der Waals surface area contributed by atoms with Crippen molar-refractivity contribution in [2.75, 3.05) is 19.0 Å². The zero-order valence-electron chi connectivity index (χ0n) is 12.6. The number of rotatable bonds is 5. The van der Waals surface area contributed by atoms with Crippen LogP contribution in [0.2, 0.25) is 0 Å². The van der Waals surface area contributed by atoms with Crippen molar-refractivity contribution in [1.29, 1.82) is 0 Å². The largest absolute Gasteiger partial charge is 0.389 e. The zero-order valence-corrected chi connectivity index (χ0v) is 12.6. The van der Waals surface area contributed by atoms with Crippen LogP contribution in [0.15, 0.2) is 6.20 Å². The van der Waals surface area contributed by atoms with Gasteiger partial charge in [0.1, 0.15) is 0 Å². The minimum Gasteiger partial charge on any atom is -0.389 e. The van der Waals surface area contributed by atoms with Gasteiger partial charge >= 0.3 is 0 Å². The Hall–Kier alpha value is -1.07. The molecular formula is C13H26N4O. The molecule has 0 amide bonds. The van der Waals surface area contributed by atoms with Crippen LogP contribution in [0.3, 0.4) is 0 Å². The monoisotopic (exact) mass is 254 g/mol. The summed E-state index contributed by atoms with van der Waals surface area (Å²) in [5, 5.41) is 13.5. The maximum atomic E-state index is 10.1. The molecule has 5 nitrogen and oxygen atoms in total. The summed E-state index contributed by atoms with van der Waals surface area (Å²) in [6.45, 7) is 8.30. The number of aliphatic hydroxyl groups is 1. The number of nitrogens with zero attached hydrogens (tertiary/aromatic N) is 3. The van der Waals surface area contributed by atoms with E-state index in [1.165, 1.54) is 0 Å². The van der Waals surface area contributed by atoms with Gasteiger partial charge in [-0.2, -0.15) is 0 Å². The minimum atomic E-state index is -0.782. The van der Waals surface area contributed by atoms with Crippen LogP contribution in [0.25, 0.3) is 0 Å². The lowest BCUT2D eigenvalue weighted by atomic mass is 9.86. The summed E-state index contributed by atoms with van der Waals surface area (Å²) in [5.41, 5.74) is -0.0538. The van der Waals surface area contributed by atoms with E-state index in [0.717, 1.165) is 11.6 Å². The topological polar surface area (TPSA) is 53.3 Å². The molecule has 0 radical (unpaired) electrons. The number of anilines is 1. The first kappa shape index (κ1) is 15.0. The average molecular weight is 254 g/mol. The number of hydrogen-bond acceptors (Lipinski definition) is 4. The number of imidazole rings is 1. The van der Waals surface area contributed by atoms with E-state index < -0.39 is 5.60 Å². The fraction of sp³-hybridized carbons (Fsp3) is 0.769. The first-order valence-corrected chi connectivity index (χ1v) is 6.21. The second-order valence-electron chi connectivity index (χ2n) is 6.04. The van der Waals surface area contributed by atoms with Crippen molar-refractivity contribution in [3.63, 3.8) is 0 Å². The molecule has 0 aromatic carbocycles. The third kappa shape index (κ3) is 3.03. The van der Waals surface area contributed by atoms with Crippen molar-refractivity contribution in [3.8, 4) is 0 Å². The van der Waals surface area contributed by atoms with Gasteiger partial charge in [0.05, 0.1) is 17.5 Å². The number of nitrogens with one attached hydrogen (secondary N) is 1. The van der Waals surface area contributed by atoms with Crippen molar-refractivity contribution in [3.05, 3.63) is 11.9 Å². The third-order valence-electron chi connectivity index (χ3n) is 3.70. The van der Waals surface area contributed by atoms with Gasteiger partial charge in [-0.1, -0.05) is 0 Å². The smallest absolute Gasteiger partial charge is 0.204 e. The summed E-state index contributed by atoms with van der Waals surface area (Å²) in [7, 11) is 5.94. The third-order valence-corrected chi connectivity index (χ3v) is 3.70. The summed E-state index contributed by atoms with van der Waals surface area (Å²) >= 11 is 0. The fourth-order valence-electron chi connectivity index (χ4n) is 1.54. The van der Waals surface area contributed by atoms with Crippen LogP contribution in [0.1, 0.15) is 33.4 Å². The Bertz CT molecular complexity index is 402. The molecule has 0 unspecified atom stereocenters. The highest BCUT2D eigenvalue weighted by Crippen LogP contribution is 2.21. The van der Waals surface area contributed by atoms with Crippen LogP contribution in [-0.4, -0.2) is 39.9 Å². The summed E-state index contributed by atoms with van der Waals surface area (Å²) in [6, 6.07) is 0.